The van der Waals surface area contributed by atoms with Crippen molar-refractivity contribution < 1.29 is 4.52 Å². The summed E-state index contributed by atoms with van der Waals surface area (Å²) in [6.45, 7) is 6.42. The average molecular weight is 243 g/mol. The summed E-state index contributed by atoms with van der Waals surface area (Å²) in [6, 6.07) is 5.76. The molecule has 1 heterocycles. The fourth-order valence-electron chi connectivity index (χ4n) is 2.21. The van der Waals surface area contributed by atoms with Gasteiger partial charge in [-0.1, -0.05) is 19.0 Å². The second-order valence-corrected chi connectivity index (χ2v) is 5.77. The van der Waals surface area contributed by atoms with Crippen LogP contribution in [-0.2, 0) is 0 Å². The number of hydrogen-bond donors (Lipinski definition) is 1. The van der Waals surface area contributed by atoms with E-state index in [0.29, 0.717) is 17.2 Å². The van der Waals surface area contributed by atoms with E-state index in [2.05, 4.69) is 24.0 Å². The van der Waals surface area contributed by atoms with E-state index in [1.54, 1.807) is 0 Å². The van der Waals surface area contributed by atoms with Crippen LogP contribution in [0.1, 0.15) is 37.6 Å². The van der Waals surface area contributed by atoms with Crippen molar-refractivity contribution in [2.24, 2.45) is 5.41 Å². The predicted molar refractivity (Wildman–Crippen MR) is 70.0 cm³/mol. The highest BCUT2D eigenvalue weighted by atomic mass is 16.5. The lowest BCUT2D eigenvalue weighted by atomic mass is 10.1. The Morgan fingerprint density at radius 3 is 2.72 bits per heavy atom. The van der Waals surface area contributed by atoms with Crippen LogP contribution in [0.15, 0.2) is 22.7 Å². The standard InChI is InChI=1S/C14H17N3O/c1-8-6-9(4-5-11(8)15)13-16-12(17-18-13)10-7-14(10,2)3/h4-6,10H,7,15H2,1-3H3. The molecule has 3 rings (SSSR count). The maximum atomic E-state index is 5.80. The number of hydrogen-bond acceptors (Lipinski definition) is 4. The molecule has 1 saturated carbocycles. The van der Waals surface area contributed by atoms with Crippen molar-refractivity contribution in [2.75, 3.05) is 5.73 Å². The molecule has 1 unspecified atom stereocenters. The number of anilines is 1. The van der Waals surface area contributed by atoms with Gasteiger partial charge in [0.1, 0.15) is 0 Å². The molecule has 2 N–H and O–H groups in total. The summed E-state index contributed by atoms with van der Waals surface area (Å²) >= 11 is 0. The molecule has 2 aromatic rings. The molecule has 18 heavy (non-hydrogen) atoms. The fourth-order valence-corrected chi connectivity index (χ4v) is 2.21. The third kappa shape index (κ3) is 1.78. The number of aryl methyl sites for hydroxylation is 1. The van der Waals surface area contributed by atoms with Gasteiger partial charge >= 0.3 is 0 Å². The smallest absolute Gasteiger partial charge is 0.257 e. The lowest BCUT2D eigenvalue weighted by Crippen LogP contribution is -1.92. The van der Waals surface area contributed by atoms with Gasteiger partial charge in [-0.2, -0.15) is 4.98 Å². The summed E-state index contributed by atoms with van der Waals surface area (Å²) in [5, 5.41) is 4.08. The molecule has 1 aliphatic rings. The van der Waals surface area contributed by atoms with Gasteiger partial charge in [-0.3, -0.25) is 0 Å². The van der Waals surface area contributed by atoms with Crippen LogP contribution in [0.3, 0.4) is 0 Å². The molecule has 0 radical (unpaired) electrons. The van der Waals surface area contributed by atoms with Gasteiger partial charge < -0.3 is 10.3 Å². The average Bonchev–Trinajstić information content (AvgIpc) is 2.78. The topological polar surface area (TPSA) is 64.9 Å². The van der Waals surface area contributed by atoms with Crippen LogP contribution in [-0.4, -0.2) is 10.1 Å². The Labute approximate surface area is 106 Å². The maximum Gasteiger partial charge on any atom is 0.257 e. The Morgan fingerprint density at radius 2 is 2.11 bits per heavy atom. The highest BCUT2D eigenvalue weighted by Gasteiger charge is 2.49. The van der Waals surface area contributed by atoms with Gasteiger partial charge in [0.15, 0.2) is 5.82 Å². The van der Waals surface area contributed by atoms with Gasteiger partial charge in [-0.05, 0) is 42.5 Å². The third-order valence-electron chi connectivity index (χ3n) is 3.78. The first kappa shape index (κ1) is 11.3. The van der Waals surface area contributed by atoms with Crippen molar-refractivity contribution >= 4 is 5.69 Å². The molecule has 1 fully saturated rings. The lowest BCUT2D eigenvalue weighted by molar-refractivity contribution is 0.419. The van der Waals surface area contributed by atoms with Crippen molar-refractivity contribution in [3.05, 3.63) is 29.6 Å². The quantitative estimate of drug-likeness (QED) is 0.823. The van der Waals surface area contributed by atoms with E-state index in [-0.39, 0.29) is 0 Å². The molecule has 4 nitrogen and oxygen atoms in total. The highest BCUT2D eigenvalue weighted by molar-refractivity contribution is 5.60. The van der Waals surface area contributed by atoms with Crippen molar-refractivity contribution in [2.45, 2.75) is 33.1 Å². The first-order chi connectivity index (χ1) is 8.47. The van der Waals surface area contributed by atoms with E-state index in [1.807, 2.05) is 25.1 Å². The van der Waals surface area contributed by atoms with E-state index >= 15 is 0 Å². The number of rotatable bonds is 2. The van der Waals surface area contributed by atoms with E-state index in [1.165, 1.54) is 0 Å². The Kier molecular flexibility index (Phi) is 2.24. The zero-order chi connectivity index (χ0) is 12.9. The molecule has 94 valence electrons. The molecule has 0 amide bonds. The zero-order valence-corrected chi connectivity index (χ0v) is 10.9. The van der Waals surface area contributed by atoms with Crippen LogP contribution in [0.2, 0.25) is 0 Å². The van der Waals surface area contributed by atoms with Crippen LogP contribution < -0.4 is 5.73 Å². The molecule has 1 aromatic carbocycles. The number of nitrogens with two attached hydrogens (primary N) is 1. The van der Waals surface area contributed by atoms with Gasteiger partial charge in [-0.15, -0.1) is 0 Å². The highest BCUT2D eigenvalue weighted by Crippen LogP contribution is 2.57. The number of benzene rings is 1. The molecule has 1 atom stereocenters. The lowest BCUT2D eigenvalue weighted by Gasteiger charge is -2.00. The first-order valence-corrected chi connectivity index (χ1v) is 6.17. The van der Waals surface area contributed by atoms with Crippen molar-refractivity contribution in [1.82, 2.24) is 10.1 Å². The minimum Gasteiger partial charge on any atom is -0.399 e. The van der Waals surface area contributed by atoms with Gasteiger partial charge in [0.25, 0.3) is 5.89 Å². The molecular formula is C14H17N3O. The molecular weight excluding hydrogens is 226 g/mol. The van der Waals surface area contributed by atoms with Crippen LogP contribution in [0.5, 0.6) is 0 Å². The molecule has 1 aromatic heterocycles. The second-order valence-electron chi connectivity index (χ2n) is 5.77. The van der Waals surface area contributed by atoms with Gasteiger partial charge in [0.2, 0.25) is 0 Å². The second kappa shape index (κ2) is 3.57. The number of aromatic nitrogens is 2. The van der Waals surface area contributed by atoms with Crippen LogP contribution in [0.4, 0.5) is 5.69 Å². The van der Waals surface area contributed by atoms with Crippen LogP contribution >= 0.6 is 0 Å². The molecule has 0 bridgehead atoms. The Hall–Kier alpha value is -1.84. The molecule has 0 aliphatic heterocycles. The Morgan fingerprint density at radius 1 is 1.39 bits per heavy atom. The molecule has 4 heteroatoms. The number of nitrogen functional groups attached to an aromatic ring is 1. The summed E-state index contributed by atoms with van der Waals surface area (Å²) in [5.74, 6) is 1.84. The summed E-state index contributed by atoms with van der Waals surface area (Å²) in [5.41, 5.74) is 8.85. The Balaban J connectivity index is 1.91. The first-order valence-electron chi connectivity index (χ1n) is 6.17. The third-order valence-corrected chi connectivity index (χ3v) is 3.78. The van der Waals surface area contributed by atoms with E-state index < -0.39 is 0 Å². The fraction of sp³-hybridized carbons (Fsp3) is 0.429. The summed E-state index contributed by atoms with van der Waals surface area (Å²) in [6.07, 6.45) is 1.13. The van der Waals surface area contributed by atoms with Gasteiger partial charge in [0, 0.05) is 17.2 Å². The zero-order valence-electron chi connectivity index (χ0n) is 10.9. The van der Waals surface area contributed by atoms with Gasteiger partial charge in [0.05, 0.1) is 0 Å². The van der Waals surface area contributed by atoms with Crippen LogP contribution in [0.25, 0.3) is 11.5 Å². The SMILES string of the molecule is Cc1cc(-c2nc(C3CC3(C)C)no2)ccc1N. The van der Waals surface area contributed by atoms with E-state index in [4.69, 9.17) is 10.3 Å². The predicted octanol–water partition coefficient (Wildman–Crippen LogP) is 3.14. The van der Waals surface area contributed by atoms with E-state index in [9.17, 15) is 0 Å². The summed E-state index contributed by atoms with van der Waals surface area (Å²) < 4.78 is 5.34. The monoisotopic (exact) mass is 243 g/mol. The molecule has 0 spiro atoms. The van der Waals surface area contributed by atoms with Crippen molar-refractivity contribution in [3.63, 3.8) is 0 Å². The van der Waals surface area contributed by atoms with Crippen molar-refractivity contribution in [3.8, 4) is 11.5 Å². The van der Waals surface area contributed by atoms with Gasteiger partial charge in [-0.25, -0.2) is 0 Å². The number of nitrogens with zero attached hydrogens (tertiary/aromatic N) is 2. The van der Waals surface area contributed by atoms with E-state index in [0.717, 1.165) is 29.1 Å². The minimum absolute atomic E-state index is 0.318. The largest absolute Gasteiger partial charge is 0.399 e. The summed E-state index contributed by atoms with van der Waals surface area (Å²) in [4.78, 5) is 4.49. The minimum atomic E-state index is 0.318. The molecule has 1 aliphatic carbocycles. The maximum absolute atomic E-state index is 5.80. The summed E-state index contributed by atoms with van der Waals surface area (Å²) in [7, 11) is 0. The Bertz CT molecular complexity index is 601. The normalized spacial score (nSPS) is 20.9. The molecule has 0 saturated heterocycles. The van der Waals surface area contributed by atoms with Crippen molar-refractivity contribution in [1.29, 1.82) is 0 Å². The van der Waals surface area contributed by atoms with Crippen LogP contribution in [0, 0.1) is 12.3 Å².